The van der Waals surface area contributed by atoms with Crippen molar-refractivity contribution in [1.82, 2.24) is 15.1 Å². The molecule has 0 amide bonds. The molecule has 1 aliphatic rings. The SMILES string of the molecule is Cc1cc(OCc2ccccc2)ccc1-c1[nH]nc2c1CN(C)CC2. The van der Waals surface area contributed by atoms with E-state index in [1.54, 1.807) is 0 Å². The van der Waals surface area contributed by atoms with Crippen LogP contribution in [0.2, 0.25) is 0 Å². The molecule has 1 aliphatic heterocycles. The number of aromatic amines is 1. The molecule has 4 heteroatoms. The first-order valence-corrected chi connectivity index (χ1v) is 8.73. The van der Waals surface area contributed by atoms with E-state index in [2.05, 4.69) is 53.3 Å². The third kappa shape index (κ3) is 3.30. The zero-order valence-electron chi connectivity index (χ0n) is 14.7. The number of aromatic nitrogens is 2. The maximum absolute atomic E-state index is 5.94. The van der Waals surface area contributed by atoms with Gasteiger partial charge < -0.3 is 9.64 Å². The van der Waals surface area contributed by atoms with Crippen molar-refractivity contribution in [2.75, 3.05) is 13.6 Å². The van der Waals surface area contributed by atoms with Gasteiger partial charge in [0.25, 0.3) is 0 Å². The van der Waals surface area contributed by atoms with Gasteiger partial charge in [0.15, 0.2) is 0 Å². The number of likely N-dealkylation sites (N-methyl/N-ethyl adjacent to an activating group) is 1. The number of nitrogens with zero attached hydrogens (tertiary/aromatic N) is 2. The molecule has 3 aromatic rings. The lowest BCUT2D eigenvalue weighted by molar-refractivity contribution is 0.306. The van der Waals surface area contributed by atoms with E-state index < -0.39 is 0 Å². The Labute approximate surface area is 148 Å². The molecule has 2 aromatic carbocycles. The van der Waals surface area contributed by atoms with Gasteiger partial charge in [-0.05, 0) is 43.3 Å². The van der Waals surface area contributed by atoms with Crippen LogP contribution < -0.4 is 4.74 Å². The Kier molecular flexibility index (Phi) is 4.28. The number of H-pyrrole nitrogens is 1. The maximum atomic E-state index is 5.94. The number of nitrogens with one attached hydrogen (secondary N) is 1. The Balaban J connectivity index is 1.55. The van der Waals surface area contributed by atoms with Crippen LogP contribution in [0.15, 0.2) is 48.5 Å². The third-order valence-electron chi connectivity index (χ3n) is 4.83. The molecule has 0 spiro atoms. The highest BCUT2D eigenvalue weighted by Crippen LogP contribution is 2.32. The number of fused-ring (bicyclic) bond motifs is 1. The first-order chi connectivity index (χ1) is 12.2. The highest BCUT2D eigenvalue weighted by atomic mass is 16.5. The maximum Gasteiger partial charge on any atom is 0.120 e. The van der Waals surface area contributed by atoms with Crippen molar-refractivity contribution in [2.45, 2.75) is 26.5 Å². The largest absolute Gasteiger partial charge is 0.489 e. The summed E-state index contributed by atoms with van der Waals surface area (Å²) in [5.41, 5.74) is 7.26. The normalized spacial score (nSPS) is 14.3. The number of hydrogen-bond acceptors (Lipinski definition) is 3. The fourth-order valence-electron chi connectivity index (χ4n) is 3.40. The summed E-state index contributed by atoms with van der Waals surface area (Å²) in [5, 5.41) is 7.78. The molecule has 0 saturated carbocycles. The van der Waals surface area contributed by atoms with Crippen molar-refractivity contribution in [3.63, 3.8) is 0 Å². The molecule has 0 atom stereocenters. The first-order valence-electron chi connectivity index (χ1n) is 8.73. The Morgan fingerprint density at radius 3 is 2.80 bits per heavy atom. The van der Waals surface area contributed by atoms with Crippen LogP contribution in [-0.4, -0.2) is 28.7 Å². The molecule has 128 valence electrons. The van der Waals surface area contributed by atoms with Crippen molar-refractivity contribution >= 4 is 0 Å². The molecule has 4 nitrogen and oxygen atoms in total. The van der Waals surface area contributed by atoms with Gasteiger partial charge in [-0.2, -0.15) is 5.10 Å². The molecule has 1 N–H and O–H groups in total. The number of benzene rings is 2. The smallest absolute Gasteiger partial charge is 0.120 e. The Morgan fingerprint density at radius 1 is 1.16 bits per heavy atom. The monoisotopic (exact) mass is 333 g/mol. The fraction of sp³-hybridized carbons (Fsp3) is 0.286. The number of aryl methyl sites for hydroxylation is 1. The van der Waals surface area contributed by atoms with Gasteiger partial charge in [-0.3, -0.25) is 5.10 Å². The molecule has 4 rings (SSSR count). The first kappa shape index (κ1) is 15.9. The molecule has 0 fully saturated rings. The lowest BCUT2D eigenvalue weighted by Crippen LogP contribution is -2.26. The minimum Gasteiger partial charge on any atom is -0.489 e. The van der Waals surface area contributed by atoms with E-state index in [9.17, 15) is 0 Å². The Hall–Kier alpha value is -2.59. The Morgan fingerprint density at radius 2 is 2.00 bits per heavy atom. The number of rotatable bonds is 4. The van der Waals surface area contributed by atoms with Crippen LogP contribution >= 0.6 is 0 Å². The molecule has 0 aliphatic carbocycles. The topological polar surface area (TPSA) is 41.1 Å². The van der Waals surface area contributed by atoms with Crippen molar-refractivity contribution in [3.05, 3.63) is 70.9 Å². The number of ether oxygens (including phenoxy) is 1. The molecule has 0 unspecified atom stereocenters. The van der Waals surface area contributed by atoms with Crippen LogP contribution in [0.1, 0.15) is 22.4 Å². The summed E-state index contributed by atoms with van der Waals surface area (Å²) in [6, 6.07) is 16.5. The molecule has 25 heavy (non-hydrogen) atoms. The summed E-state index contributed by atoms with van der Waals surface area (Å²) in [6.45, 7) is 4.74. The average molecular weight is 333 g/mol. The standard InChI is InChI=1S/C21H23N3O/c1-15-12-17(25-14-16-6-4-3-5-7-16)8-9-18(15)21-19-13-24(2)11-10-20(19)22-23-21/h3-9,12H,10-11,13-14H2,1-2H3,(H,22,23). The summed E-state index contributed by atoms with van der Waals surface area (Å²) in [7, 11) is 2.16. The van der Waals surface area contributed by atoms with E-state index in [0.717, 1.165) is 31.0 Å². The second-order valence-corrected chi connectivity index (χ2v) is 6.76. The van der Waals surface area contributed by atoms with Crippen molar-refractivity contribution in [2.24, 2.45) is 0 Å². The summed E-state index contributed by atoms with van der Waals surface area (Å²) < 4.78 is 5.94. The lowest BCUT2D eigenvalue weighted by atomic mass is 9.98. The highest BCUT2D eigenvalue weighted by molar-refractivity contribution is 5.68. The Bertz CT molecular complexity index is 870. The van der Waals surface area contributed by atoms with E-state index in [-0.39, 0.29) is 0 Å². The van der Waals surface area contributed by atoms with Gasteiger partial charge >= 0.3 is 0 Å². The van der Waals surface area contributed by atoms with Gasteiger partial charge in [0, 0.05) is 30.6 Å². The fourth-order valence-corrected chi connectivity index (χ4v) is 3.40. The van der Waals surface area contributed by atoms with E-state index in [1.165, 1.54) is 27.9 Å². The van der Waals surface area contributed by atoms with Gasteiger partial charge in [-0.15, -0.1) is 0 Å². The summed E-state index contributed by atoms with van der Waals surface area (Å²) in [4.78, 5) is 2.34. The molecule has 1 aromatic heterocycles. The highest BCUT2D eigenvalue weighted by Gasteiger charge is 2.21. The van der Waals surface area contributed by atoms with Crippen molar-refractivity contribution < 1.29 is 4.74 Å². The minimum absolute atomic E-state index is 0.587. The third-order valence-corrected chi connectivity index (χ3v) is 4.83. The van der Waals surface area contributed by atoms with Gasteiger partial charge in [-0.1, -0.05) is 30.3 Å². The van der Waals surface area contributed by atoms with Crippen LogP contribution in [0.3, 0.4) is 0 Å². The van der Waals surface area contributed by atoms with Crippen molar-refractivity contribution in [1.29, 1.82) is 0 Å². The predicted molar refractivity (Wildman–Crippen MR) is 99.6 cm³/mol. The van der Waals surface area contributed by atoms with Gasteiger partial charge in [0.05, 0.1) is 11.4 Å². The van der Waals surface area contributed by atoms with Gasteiger partial charge in [0.1, 0.15) is 12.4 Å². The zero-order valence-corrected chi connectivity index (χ0v) is 14.7. The number of hydrogen-bond donors (Lipinski definition) is 1. The summed E-state index contributed by atoms with van der Waals surface area (Å²) in [5.74, 6) is 0.899. The molecule has 0 radical (unpaired) electrons. The second kappa shape index (κ2) is 6.73. The predicted octanol–water partition coefficient (Wildman–Crippen LogP) is 3.95. The van der Waals surface area contributed by atoms with Crippen LogP contribution in [0.5, 0.6) is 5.75 Å². The van der Waals surface area contributed by atoms with Crippen molar-refractivity contribution in [3.8, 4) is 17.0 Å². The molecular weight excluding hydrogens is 310 g/mol. The van der Waals surface area contributed by atoms with Crippen LogP contribution in [0.4, 0.5) is 0 Å². The molecule has 2 heterocycles. The minimum atomic E-state index is 0.587. The molecule has 0 bridgehead atoms. The quantitative estimate of drug-likeness (QED) is 0.786. The van der Waals surface area contributed by atoms with E-state index in [1.807, 2.05) is 24.3 Å². The van der Waals surface area contributed by atoms with E-state index in [0.29, 0.717) is 6.61 Å². The summed E-state index contributed by atoms with van der Waals surface area (Å²) in [6.07, 6.45) is 1.01. The molecular formula is C21H23N3O. The summed E-state index contributed by atoms with van der Waals surface area (Å²) >= 11 is 0. The van der Waals surface area contributed by atoms with Gasteiger partial charge in [0.2, 0.25) is 0 Å². The van der Waals surface area contributed by atoms with Gasteiger partial charge in [-0.25, -0.2) is 0 Å². The van der Waals surface area contributed by atoms with E-state index >= 15 is 0 Å². The lowest BCUT2D eigenvalue weighted by Gasteiger charge is -2.22. The zero-order chi connectivity index (χ0) is 17.2. The molecule has 0 saturated heterocycles. The van der Waals surface area contributed by atoms with Crippen LogP contribution in [0.25, 0.3) is 11.3 Å². The van der Waals surface area contributed by atoms with E-state index in [4.69, 9.17) is 4.74 Å². The average Bonchev–Trinajstić information content (AvgIpc) is 3.04. The second-order valence-electron chi connectivity index (χ2n) is 6.76. The van der Waals surface area contributed by atoms with Crippen LogP contribution in [-0.2, 0) is 19.6 Å². The van der Waals surface area contributed by atoms with Crippen LogP contribution in [0, 0.1) is 6.92 Å².